The third-order valence-corrected chi connectivity index (χ3v) is 7.78. The molecule has 6 unspecified atom stereocenters. The number of amides is 1. The van der Waals surface area contributed by atoms with Gasteiger partial charge < -0.3 is 61.0 Å². The molecule has 0 aliphatic carbocycles. The Morgan fingerprint density at radius 3 is 2.42 bits per heavy atom. The summed E-state index contributed by atoms with van der Waals surface area (Å²) in [4.78, 5) is 16.1. The lowest BCUT2D eigenvalue weighted by Crippen LogP contribution is -2.65. The van der Waals surface area contributed by atoms with E-state index in [2.05, 4.69) is 15.5 Å². The van der Waals surface area contributed by atoms with E-state index >= 15 is 0 Å². The monoisotopic (exact) mass is 623 g/mol. The molecule has 10 N–H and O–H groups in total. The molecule has 2 saturated heterocycles. The number of aromatic hydroxyl groups is 1. The Morgan fingerprint density at radius 1 is 1.04 bits per heavy atom. The lowest BCUT2D eigenvalue weighted by atomic mass is 9.96. The second-order valence-electron chi connectivity index (χ2n) is 10.9. The number of hydrogen-bond acceptors (Lipinski definition) is 12. The molecule has 6 atom stereocenters. The Morgan fingerprint density at radius 2 is 1.73 bits per heavy atom. The van der Waals surface area contributed by atoms with Gasteiger partial charge in [0.05, 0.1) is 18.9 Å². The van der Waals surface area contributed by atoms with Crippen LogP contribution in [0.2, 0.25) is 0 Å². The SMILES string of the molecule is CC1(Oc2ccccc2C(Nc2cc(C(=N)N)ccc2O)C(=O)Nc2ccc(N3CCOCC3)cc2)OC(O)C(O)C(O)C1O. The molecule has 5 rings (SSSR count). The molecule has 0 saturated carbocycles. The number of ether oxygens (including phenoxy) is 3. The smallest absolute Gasteiger partial charge is 0.251 e. The molecule has 1 amide bonds. The molecule has 0 radical (unpaired) electrons. The highest BCUT2D eigenvalue weighted by Gasteiger charge is 2.52. The first kappa shape index (κ1) is 32.0. The molecule has 3 aromatic rings. The fourth-order valence-electron chi connectivity index (χ4n) is 5.21. The summed E-state index contributed by atoms with van der Waals surface area (Å²) < 4.78 is 16.8. The number of carbonyl (C=O) groups is 1. The van der Waals surface area contributed by atoms with Crippen molar-refractivity contribution >= 4 is 28.8 Å². The predicted molar refractivity (Wildman–Crippen MR) is 164 cm³/mol. The van der Waals surface area contributed by atoms with Crippen molar-refractivity contribution in [3.63, 3.8) is 0 Å². The van der Waals surface area contributed by atoms with Gasteiger partial charge in [-0.05, 0) is 48.5 Å². The summed E-state index contributed by atoms with van der Waals surface area (Å²) in [5, 5.41) is 65.4. The number of phenols is 1. The summed E-state index contributed by atoms with van der Waals surface area (Å²) in [5.74, 6) is -3.06. The highest BCUT2D eigenvalue weighted by Crippen LogP contribution is 2.37. The number of rotatable bonds is 9. The molecule has 0 bridgehead atoms. The predicted octanol–water partition coefficient (Wildman–Crippen LogP) is 0.831. The van der Waals surface area contributed by atoms with Crippen LogP contribution in [-0.2, 0) is 14.3 Å². The molecular formula is C31H37N5O9. The molecule has 3 aromatic carbocycles. The summed E-state index contributed by atoms with van der Waals surface area (Å²) in [5.41, 5.74) is 7.73. The molecule has 14 nitrogen and oxygen atoms in total. The second kappa shape index (κ2) is 13.3. The highest BCUT2D eigenvalue weighted by molar-refractivity contribution is 5.99. The fourth-order valence-corrected chi connectivity index (χ4v) is 5.21. The largest absolute Gasteiger partial charge is 0.506 e. The zero-order valence-electron chi connectivity index (χ0n) is 24.5. The molecule has 0 spiro atoms. The van der Waals surface area contributed by atoms with E-state index in [4.69, 9.17) is 25.4 Å². The minimum absolute atomic E-state index is 0.0207. The number of aliphatic hydroxyl groups excluding tert-OH is 4. The molecule has 2 fully saturated rings. The summed E-state index contributed by atoms with van der Waals surface area (Å²) in [6, 6.07) is 16.6. The van der Waals surface area contributed by atoms with E-state index < -0.39 is 42.3 Å². The number of nitrogens with two attached hydrogens (primary N) is 1. The standard InChI is InChI=1S/C31H37N5O9/c1-31(27(40)25(38)26(39)30(42)45-31)44-23-5-3-2-4-20(23)24(35-21-16-17(28(32)33)6-11-22(21)37)29(41)34-18-7-9-19(10-8-18)36-12-14-43-15-13-36/h2-11,16,24-27,30,35,37-40,42H,12-15H2,1H3,(H3,32,33)(H,34,41). The zero-order chi connectivity index (χ0) is 32.3. The number of anilines is 3. The third kappa shape index (κ3) is 6.96. The van der Waals surface area contributed by atoms with Crippen LogP contribution in [-0.4, -0.2) is 94.0 Å². The Bertz CT molecular complexity index is 1520. The van der Waals surface area contributed by atoms with Crippen LogP contribution in [0.5, 0.6) is 11.5 Å². The van der Waals surface area contributed by atoms with Gasteiger partial charge in [0, 0.05) is 42.5 Å². The minimum Gasteiger partial charge on any atom is -0.506 e. The molecular weight excluding hydrogens is 586 g/mol. The molecule has 2 heterocycles. The Labute approximate surface area is 259 Å². The number of nitrogen functional groups attached to an aromatic ring is 1. The number of nitrogens with one attached hydrogen (secondary N) is 3. The number of phenolic OH excluding ortho intramolecular Hbond substituents is 1. The van der Waals surface area contributed by atoms with Crippen LogP contribution in [0.4, 0.5) is 17.1 Å². The average Bonchev–Trinajstić information content (AvgIpc) is 3.03. The van der Waals surface area contributed by atoms with Gasteiger partial charge in [-0.15, -0.1) is 0 Å². The van der Waals surface area contributed by atoms with Crippen molar-refractivity contribution in [2.24, 2.45) is 5.73 Å². The lowest BCUT2D eigenvalue weighted by Gasteiger charge is -2.45. The van der Waals surface area contributed by atoms with Gasteiger partial charge >= 0.3 is 0 Å². The van der Waals surface area contributed by atoms with Crippen LogP contribution in [0.15, 0.2) is 66.7 Å². The lowest BCUT2D eigenvalue weighted by molar-refractivity contribution is -0.366. The number of nitrogens with zero attached hydrogens (tertiary/aromatic N) is 1. The number of carbonyl (C=O) groups excluding carboxylic acids is 1. The molecule has 240 valence electrons. The average molecular weight is 624 g/mol. The number of hydrogen-bond donors (Lipinski definition) is 9. The Hall–Kier alpha value is -4.44. The first-order chi connectivity index (χ1) is 21.5. The van der Waals surface area contributed by atoms with Gasteiger partial charge in [0.1, 0.15) is 41.7 Å². The second-order valence-corrected chi connectivity index (χ2v) is 10.9. The fraction of sp³-hybridized carbons (Fsp3) is 0.355. The molecule has 2 aliphatic rings. The van der Waals surface area contributed by atoms with Crippen LogP contribution in [0.25, 0.3) is 0 Å². The maximum atomic E-state index is 14.0. The van der Waals surface area contributed by atoms with Crippen LogP contribution in [0.1, 0.15) is 24.1 Å². The van der Waals surface area contributed by atoms with Crippen molar-refractivity contribution in [2.45, 2.75) is 43.4 Å². The van der Waals surface area contributed by atoms with Gasteiger partial charge in [0.2, 0.25) is 5.79 Å². The van der Waals surface area contributed by atoms with Gasteiger partial charge in [-0.1, -0.05) is 18.2 Å². The highest BCUT2D eigenvalue weighted by atomic mass is 16.8. The van der Waals surface area contributed by atoms with E-state index in [1.807, 2.05) is 12.1 Å². The van der Waals surface area contributed by atoms with E-state index in [9.17, 15) is 30.3 Å². The topological polar surface area (TPSA) is 223 Å². The van der Waals surface area contributed by atoms with Gasteiger partial charge in [-0.25, -0.2) is 0 Å². The number of morpholine rings is 1. The normalized spacial score (nSPS) is 25.7. The van der Waals surface area contributed by atoms with E-state index in [-0.39, 0.29) is 28.6 Å². The molecule has 2 aliphatic heterocycles. The van der Waals surface area contributed by atoms with Gasteiger partial charge in [-0.2, -0.15) is 0 Å². The quantitative estimate of drug-likeness (QED) is 0.0919. The van der Waals surface area contributed by atoms with Crippen molar-refractivity contribution in [2.75, 3.05) is 41.8 Å². The van der Waals surface area contributed by atoms with Gasteiger partial charge in [-0.3, -0.25) is 10.2 Å². The van der Waals surface area contributed by atoms with E-state index in [0.29, 0.717) is 24.5 Å². The number of benzene rings is 3. The van der Waals surface area contributed by atoms with Crippen molar-refractivity contribution in [3.8, 4) is 11.5 Å². The maximum absolute atomic E-state index is 14.0. The zero-order valence-corrected chi connectivity index (χ0v) is 24.5. The number of amidine groups is 1. The molecule has 14 heteroatoms. The number of para-hydroxylation sites is 1. The maximum Gasteiger partial charge on any atom is 0.251 e. The Balaban J connectivity index is 1.48. The van der Waals surface area contributed by atoms with Crippen LogP contribution < -0.4 is 26.0 Å². The van der Waals surface area contributed by atoms with Crippen LogP contribution in [0.3, 0.4) is 0 Å². The van der Waals surface area contributed by atoms with Crippen LogP contribution in [0, 0.1) is 5.41 Å². The van der Waals surface area contributed by atoms with E-state index in [1.54, 1.807) is 30.3 Å². The Kier molecular flexibility index (Phi) is 9.43. The van der Waals surface area contributed by atoms with Gasteiger partial charge in [0.25, 0.3) is 5.91 Å². The summed E-state index contributed by atoms with van der Waals surface area (Å²) in [6.45, 7) is 4.03. The van der Waals surface area contributed by atoms with Gasteiger partial charge in [0.15, 0.2) is 6.29 Å². The van der Waals surface area contributed by atoms with E-state index in [1.165, 1.54) is 31.2 Å². The minimum atomic E-state index is -2.04. The van der Waals surface area contributed by atoms with E-state index in [0.717, 1.165) is 18.8 Å². The summed E-state index contributed by atoms with van der Waals surface area (Å²) in [6.07, 6.45) is -7.23. The van der Waals surface area contributed by atoms with Crippen molar-refractivity contribution in [3.05, 3.63) is 77.9 Å². The molecule has 0 aromatic heterocycles. The third-order valence-electron chi connectivity index (χ3n) is 7.78. The first-order valence-corrected chi connectivity index (χ1v) is 14.3. The summed E-state index contributed by atoms with van der Waals surface area (Å²) in [7, 11) is 0. The van der Waals surface area contributed by atoms with Crippen molar-refractivity contribution in [1.82, 2.24) is 0 Å². The van der Waals surface area contributed by atoms with Crippen molar-refractivity contribution < 1.29 is 44.5 Å². The molecule has 45 heavy (non-hydrogen) atoms. The number of aliphatic hydroxyl groups is 4. The van der Waals surface area contributed by atoms with Crippen molar-refractivity contribution in [1.29, 1.82) is 5.41 Å². The summed E-state index contributed by atoms with van der Waals surface area (Å²) >= 11 is 0. The first-order valence-electron chi connectivity index (χ1n) is 14.3. The van der Waals surface area contributed by atoms with Crippen LogP contribution >= 0.6 is 0 Å².